The minimum absolute atomic E-state index is 0.0309. The zero-order valence-electron chi connectivity index (χ0n) is 10.8. The van der Waals surface area contributed by atoms with Crippen molar-refractivity contribution >= 4 is 17.5 Å². The summed E-state index contributed by atoms with van der Waals surface area (Å²) in [5, 5.41) is 7.61. The summed E-state index contributed by atoms with van der Waals surface area (Å²) in [7, 11) is 0. The van der Waals surface area contributed by atoms with Gasteiger partial charge in [0.05, 0.1) is 11.2 Å². The van der Waals surface area contributed by atoms with Crippen LogP contribution in [-0.2, 0) is 6.54 Å². The monoisotopic (exact) mass is 277 g/mol. The number of nitrogens with zero attached hydrogens (tertiary/aromatic N) is 2. The maximum absolute atomic E-state index is 11.9. The second-order valence-corrected chi connectivity index (χ2v) is 4.78. The average Bonchev–Trinajstić information content (AvgIpc) is 2.81. The van der Waals surface area contributed by atoms with Crippen LogP contribution in [0.15, 0.2) is 36.7 Å². The number of benzene rings is 1. The Labute approximate surface area is 117 Å². The van der Waals surface area contributed by atoms with Gasteiger partial charge in [0.15, 0.2) is 0 Å². The molecule has 1 amide bonds. The molecule has 1 N–H and O–H groups in total. The quantitative estimate of drug-likeness (QED) is 0.854. The fourth-order valence-corrected chi connectivity index (χ4v) is 1.98. The van der Waals surface area contributed by atoms with Gasteiger partial charge in [-0.25, -0.2) is 0 Å². The summed E-state index contributed by atoms with van der Waals surface area (Å²) in [6.07, 6.45) is 4.19. The summed E-state index contributed by atoms with van der Waals surface area (Å²) in [5.41, 5.74) is 1.71. The minimum atomic E-state index is -0.0309. The Morgan fingerprint density at radius 1 is 1.42 bits per heavy atom. The highest BCUT2D eigenvalue weighted by atomic mass is 35.5. The van der Waals surface area contributed by atoms with Crippen molar-refractivity contribution in [2.75, 3.05) is 6.54 Å². The summed E-state index contributed by atoms with van der Waals surface area (Å²) in [4.78, 5) is 11.9. The predicted octanol–water partition coefficient (Wildman–Crippen LogP) is 2.67. The average molecular weight is 278 g/mol. The maximum Gasteiger partial charge on any atom is 0.251 e. The topological polar surface area (TPSA) is 46.9 Å². The molecule has 0 aliphatic rings. The molecule has 0 aliphatic carbocycles. The van der Waals surface area contributed by atoms with Crippen LogP contribution >= 0.6 is 11.6 Å². The molecule has 0 radical (unpaired) electrons. The van der Waals surface area contributed by atoms with E-state index in [2.05, 4.69) is 10.4 Å². The molecule has 0 spiro atoms. The number of nitrogens with one attached hydrogen (secondary N) is 1. The van der Waals surface area contributed by atoms with Crippen molar-refractivity contribution in [3.63, 3.8) is 0 Å². The molecule has 0 aliphatic heterocycles. The van der Waals surface area contributed by atoms with E-state index in [1.807, 2.05) is 31.2 Å². The van der Waals surface area contributed by atoms with Gasteiger partial charge < -0.3 is 5.32 Å². The molecule has 2 aromatic rings. The lowest BCUT2D eigenvalue weighted by Gasteiger charge is -2.07. The van der Waals surface area contributed by atoms with Crippen LogP contribution in [0.3, 0.4) is 0 Å². The van der Waals surface area contributed by atoms with Gasteiger partial charge in [0.25, 0.3) is 5.91 Å². The van der Waals surface area contributed by atoms with Gasteiger partial charge >= 0.3 is 0 Å². The Bertz CT molecular complexity index is 565. The van der Waals surface area contributed by atoms with Gasteiger partial charge in [0, 0.05) is 24.8 Å². The Kier molecular flexibility index (Phi) is 4.58. The van der Waals surface area contributed by atoms with Crippen molar-refractivity contribution < 1.29 is 4.79 Å². The Hall–Kier alpha value is -1.81. The van der Waals surface area contributed by atoms with Crippen LogP contribution in [0.4, 0.5) is 0 Å². The third kappa shape index (κ3) is 3.83. The fourth-order valence-electron chi connectivity index (χ4n) is 1.83. The summed E-state index contributed by atoms with van der Waals surface area (Å²) < 4.78 is 1.77. The van der Waals surface area contributed by atoms with Crippen LogP contribution in [0.2, 0.25) is 5.02 Å². The second kappa shape index (κ2) is 6.38. The van der Waals surface area contributed by atoms with Gasteiger partial charge in [-0.2, -0.15) is 5.10 Å². The summed E-state index contributed by atoms with van der Waals surface area (Å²) in [6.45, 7) is 3.28. The van der Waals surface area contributed by atoms with Gasteiger partial charge in [-0.1, -0.05) is 29.8 Å². The lowest BCUT2D eigenvalue weighted by molar-refractivity contribution is 0.0952. The van der Waals surface area contributed by atoms with Gasteiger partial charge in [-0.3, -0.25) is 9.48 Å². The van der Waals surface area contributed by atoms with Crippen molar-refractivity contribution in [1.29, 1.82) is 0 Å². The van der Waals surface area contributed by atoms with Crippen molar-refractivity contribution in [3.05, 3.63) is 52.8 Å². The van der Waals surface area contributed by atoms with E-state index in [1.54, 1.807) is 17.1 Å². The molecule has 0 saturated carbocycles. The first-order valence-corrected chi connectivity index (χ1v) is 6.56. The number of carbonyl (C=O) groups excluding carboxylic acids is 1. The van der Waals surface area contributed by atoms with Crippen LogP contribution in [0.5, 0.6) is 0 Å². The fraction of sp³-hybridized carbons (Fsp3) is 0.286. The molecule has 1 aromatic heterocycles. The zero-order valence-corrected chi connectivity index (χ0v) is 11.5. The van der Waals surface area contributed by atoms with Crippen molar-refractivity contribution in [1.82, 2.24) is 15.1 Å². The number of carbonyl (C=O) groups is 1. The highest BCUT2D eigenvalue weighted by Crippen LogP contribution is 2.07. The summed E-state index contributed by atoms with van der Waals surface area (Å²) in [5.74, 6) is -0.0309. The predicted molar refractivity (Wildman–Crippen MR) is 75.4 cm³/mol. The number of halogens is 1. The third-order valence-corrected chi connectivity index (χ3v) is 3.04. The van der Waals surface area contributed by atoms with E-state index in [1.165, 1.54) is 0 Å². The minimum Gasteiger partial charge on any atom is -0.352 e. The Morgan fingerprint density at radius 3 is 2.89 bits per heavy atom. The van der Waals surface area contributed by atoms with E-state index in [9.17, 15) is 4.79 Å². The largest absolute Gasteiger partial charge is 0.352 e. The van der Waals surface area contributed by atoms with Crippen LogP contribution < -0.4 is 5.32 Å². The molecule has 0 unspecified atom stereocenters. The van der Waals surface area contributed by atoms with Gasteiger partial charge in [-0.05, 0) is 25.0 Å². The summed E-state index contributed by atoms with van der Waals surface area (Å²) in [6, 6.07) is 7.56. The standard InChI is InChI=1S/C14H16ClN3O/c1-11-5-2-3-6-13(11)14(19)16-7-4-8-18-10-12(15)9-17-18/h2-3,5-6,9-10H,4,7-8H2,1H3,(H,16,19). The second-order valence-electron chi connectivity index (χ2n) is 4.35. The smallest absolute Gasteiger partial charge is 0.251 e. The molecule has 0 bridgehead atoms. The van der Waals surface area contributed by atoms with E-state index in [0.717, 1.165) is 24.1 Å². The Morgan fingerprint density at radius 2 is 2.21 bits per heavy atom. The molecule has 19 heavy (non-hydrogen) atoms. The highest BCUT2D eigenvalue weighted by molar-refractivity contribution is 6.30. The molecule has 0 fully saturated rings. The van der Waals surface area contributed by atoms with Crippen molar-refractivity contribution in [2.24, 2.45) is 0 Å². The molecule has 2 rings (SSSR count). The van der Waals surface area contributed by atoms with Crippen molar-refractivity contribution in [3.8, 4) is 0 Å². The lowest BCUT2D eigenvalue weighted by atomic mass is 10.1. The molecule has 1 heterocycles. The summed E-state index contributed by atoms with van der Waals surface area (Å²) >= 11 is 5.77. The number of hydrogen-bond donors (Lipinski definition) is 1. The van der Waals surface area contributed by atoms with Gasteiger partial charge in [-0.15, -0.1) is 0 Å². The normalized spacial score (nSPS) is 10.4. The first-order valence-electron chi connectivity index (χ1n) is 6.18. The van der Waals surface area contributed by atoms with Gasteiger partial charge in [0.2, 0.25) is 0 Å². The van der Waals surface area contributed by atoms with Crippen molar-refractivity contribution in [2.45, 2.75) is 19.9 Å². The molecule has 0 atom stereocenters. The number of hydrogen-bond acceptors (Lipinski definition) is 2. The van der Waals surface area contributed by atoms with E-state index in [0.29, 0.717) is 11.6 Å². The number of rotatable bonds is 5. The molecular weight excluding hydrogens is 262 g/mol. The SMILES string of the molecule is Cc1ccccc1C(=O)NCCCn1cc(Cl)cn1. The molecule has 0 saturated heterocycles. The number of amides is 1. The number of aryl methyl sites for hydroxylation is 2. The Balaban J connectivity index is 1.77. The molecule has 5 heteroatoms. The van der Waals surface area contributed by atoms with E-state index in [4.69, 9.17) is 11.6 Å². The maximum atomic E-state index is 11.9. The molecule has 1 aromatic carbocycles. The van der Waals surface area contributed by atoms with Gasteiger partial charge in [0.1, 0.15) is 0 Å². The van der Waals surface area contributed by atoms with E-state index in [-0.39, 0.29) is 5.91 Å². The van der Waals surface area contributed by atoms with E-state index >= 15 is 0 Å². The molecular formula is C14H16ClN3O. The molecule has 100 valence electrons. The van der Waals surface area contributed by atoms with Crippen LogP contribution in [0, 0.1) is 6.92 Å². The van der Waals surface area contributed by atoms with Crippen LogP contribution in [0.25, 0.3) is 0 Å². The first kappa shape index (κ1) is 13.6. The third-order valence-electron chi connectivity index (χ3n) is 2.84. The lowest BCUT2D eigenvalue weighted by Crippen LogP contribution is -2.25. The highest BCUT2D eigenvalue weighted by Gasteiger charge is 2.06. The van der Waals surface area contributed by atoms with Crippen LogP contribution in [0.1, 0.15) is 22.3 Å². The number of aromatic nitrogens is 2. The van der Waals surface area contributed by atoms with E-state index < -0.39 is 0 Å². The zero-order chi connectivity index (χ0) is 13.7. The molecule has 4 nitrogen and oxygen atoms in total. The first-order chi connectivity index (χ1) is 9.16. The van der Waals surface area contributed by atoms with Crippen LogP contribution in [-0.4, -0.2) is 22.2 Å².